The molecule has 2 heteroatoms. The van der Waals surface area contributed by atoms with Crippen LogP contribution in [0.15, 0.2) is 42.5 Å². The highest BCUT2D eigenvalue weighted by Gasteiger charge is 2.10. The van der Waals surface area contributed by atoms with Crippen molar-refractivity contribution in [2.24, 2.45) is 0 Å². The number of nitrogens with one attached hydrogen (secondary N) is 1. The van der Waals surface area contributed by atoms with Gasteiger partial charge in [-0.15, -0.1) is 0 Å². The number of aryl methyl sites for hydroxylation is 2. The Morgan fingerprint density at radius 3 is 2.18 bits per heavy atom. The van der Waals surface area contributed by atoms with Gasteiger partial charge in [-0.25, -0.2) is 0 Å². The summed E-state index contributed by atoms with van der Waals surface area (Å²) in [5, 5.41) is 3.53. The molecule has 1 atom stereocenters. The van der Waals surface area contributed by atoms with Crippen LogP contribution in [0.2, 0.25) is 0 Å². The van der Waals surface area contributed by atoms with Gasteiger partial charge in [0.25, 0.3) is 0 Å². The Morgan fingerprint density at radius 2 is 1.55 bits per heavy atom. The van der Waals surface area contributed by atoms with E-state index in [4.69, 9.17) is 4.74 Å². The number of ether oxygens (including phenoxy) is 1. The monoisotopic (exact) mass is 297 g/mol. The fraction of sp³-hybridized carbons (Fsp3) is 0.400. The van der Waals surface area contributed by atoms with Crippen molar-refractivity contribution < 1.29 is 4.74 Å². The Bertz CT molecular complexity index is 599. The molecule has 2 nitrogen and oxygen atoms in total. The van der Waals surface area contributed by atoms with Gasteiger partial charge in [0.05, 0.1) is 6.54 Å². The first-order valence-electron chi connectivity index (χ1n) is 8.04. The lowest BCUT2D eigenvalue weighted by molar-refractivity contribution is 0.231. The fourth-order valence-electron chi connectivity index (χ4n) is 2.64. The molecule has 0 aromatic heterocycles. The van der Waals surface area contributed by atoms with Crippen LogP contribution in [-0.2, 0) is 0 Å². The van der Waals surface area contributed by atoms with E-state index < -0.39 is 0 Å². The third kappa shape index (κ3) is 4.03. The Kier molecular flexibility index (Phi) is 5.48. The van der Waals surface area contributed by atoms with Crippen LogP contribution in [0, 0.1) is 13.8 Å². The van der Waals surface area contributed by atoms with Gasteiger partial charge in [-0.05, 0) is 49.4 Å². The van der Waals surface area contributed by atoms with Gasteiger partial charge in [0.15, 0.2) is 0 Å². The van der Waals surface area contributed by atoms with Crippen LogP contribution in [0.1, 0.15) is 43.4 Å². The Morgan fingerprint density at radius 1 is 0.909 bits per heavy atom. The molecule has 0 bridgehead atoms. The maximum absolute atomic E-state index is 6.14. The maximum atomic E-state index is 6.14. The SMILES string of the molecule is Cc1cccc(C)c1OC(C)CNc1ccccc1C(C)C. The highest BCUT2D eigenvalue weighted by Crippen LogP contribution is 2.25. The summed E-state index contributed by atoms with van der Waals surface area (Å²) < 4.78 is 6.14. The molecule has 2 rings (SSSR count). The van der Waals surface area contributed by atoms with Crippen molar-refractivity contribution in [3.63, 3.8) is 0 Å². The topological polar surface area (TPSA) is 21.3 Å². The molecule has 22 heavy (non-hydrogen) atoms. The summed E-state index contributed by atoms with van der Waals surface area (Å²) in [5.74, 6) is 1.52. The summed E-state index contributed by atoms with van der Waals surface area (Å²) >= 11 is 0. The number of hydrogen-bond donors (Lipinski definition) is 1. The van der Waals surface area contributed by atoms with Gasteiger partial charge >= 0.3 is 0 Å². The molecule has 0 heterocycles. The first kappa shape index (κ1) is 16.4. The number of para-hydroxylation sites is 2. The van der Waals surface area contributed by atoms with Gasteiger partial charge in [-0.1, -0.05) is 50.2 Å². The van der Waals surface area contributed by atoms with Gasteiger partial charge in [0.2, 0.25) is 0 Å². The molecule has 1 N–H and O–H groups in total. The average Bonchev–Trinajstić information content (AvgIpc) is 2.49. The van der Waals surface area contributed by atoms with Gasteiger partial charge in [-0.2, -0.15) is 0 Å². The van der Waals surface area contributed by atoms with Crippen LogP contribution >= 0.6 is 0 Å². The molecule has 0 fully saturated rings. The quantitative estimate of drug-likeness (QED) is 0.780. The standard InChI is InChI=1S/C20H27NO/c1-14(2)18-11-6-7-12-19(18)21-13-17(5)22-20-15(3)9-8-10-16(20)4/h6-12,14,17,21H,13H2,1-5H3. The normalized spacial score (nSPS) is 12.3. The predicted molar refractivity (Wildman–Crippen MR) is 95.0 cm³/mol. The second kappa shape index (κ2) is 7.35. The minimum absolute atomic E-state index is 0.111. The summed E-state index contributed by atoms with van der Waals surface area (Å²) in [6.45, 7) is 11.5. The lowest BCUT2D eigenvalue weighted by Gasteiger charge is -2.21. The van der Waals surface area contributed by atoms with Crippen LogP contribution in [0.3, 0.4) is 0 Å². The largest absolute Gasteiger partial charge is 0.488 e. The molecule has 0 saturated heterocycles. The van der Waals surface area contributed by atoms with Crippen molar-refractivity contribution >= 4 is 5.69 Å². The second-order valence-electron chi connectivity index (χ2n) is 6.27. The highest BCUT2D eigenvalue weighted by atomic mass is 16.5. The van der Waals surface area contributed by atoms with Crippen LogP contribution < -0.4 is 10.1 Å². The smallest absolute Gasteiger partial charge is 0.125 e. The molecule has 2 aromatic carbocycles. The zero-order valence-electron chi connectivity index (χ0n) is 14.3. The fourth-order valence-corrected chi connectivity index (χ4v) is 2.64. The molecular formula is C20H27NO. The van der Waals surface area contributed by atoms with E-state index in [-0.39, 0.29) is 6.10 Å². The molecule has 0 radical (unpaired) electrons. The van der Waals surface area contributed by atoms with Crippen molar-refractivity contribution in [1.29, 1.82) is 0 Å². The van der Waals surface area contributed by atoms with Crippen LogP contribution in [0.5, 0.6) is 5.75 Å². The van der Waals surface area contributed by atoms with Crippen LogP contribution in [0.25, 0.3) is 0 Å². The molecule has 0 amide bonds. The Balaban J connectivity index is 2.00. The van der Waals surface area contributed by atoms with E-state index in [2.05, 4.69) is 82.4 Å². The van der Waals surface area contributed by atoms with E-state index in [9.17, 15) is 0 Å². The lowest BCUT2D eigenvalue weighted by Crippen LogP contribution is -2.23. The highest BCUT2D eigenvalue weighted by molar-refractivity contribution is 5.52. The number of benzene rings is 2. The summed E-state index contributed by atoms with van der Waals surface area (Å²) in [6.07, 6.45) is 0.111. The first-order chi connectivity index (χ1) is 10.5. The minimum atomic E-state index is 0.111. The molecule has 118 valence electrons. The van der Waals surface area contributed by atoms with E-state index in [1.807, 2.05) is 0 Å². The first-order valence-corrected chi connectivity index (χ1v) is 8.04. The molecule has 1 unspecified atom stereocenters. The van der Waals surface area contributed by atoms with Crippen LogP contribution in [-0.4, -0.2) is 12.6 Å². The van der Waals surface area contributed by atoms with Gasteiger partial charge < -0.3 is 10.1 Å². The van der Waals surface area contributed by atoms with E-state index >= 15 is 0 Å². The van der Waals surface area contributed by atoms with Gasteiger partial charge in [0.1, 0.15) is 11.9 Å². The van der Waals surface area contributed by atoms with Crippen molar-refractivity contribution in [2.45, 2.75) is 46.6 Å². The molecule has 2 aromatic rings. The van der Waals surface area contributed by atoms with Crippen molar-refractivity contribution in [3.05, 3.63) is 59.2 Å². The maximum Gasteiger partial charge on any atom is 0.125 e. The number of anilines is 1. The third-order valence-electron chi connectivity index (χ3n) is 3.89. The Hall–Kier alpha value is -1.96. The summed E-state index contributed by atoms with van der Waals surface area (Å²) in [5.41, 5.74) is 4.93. The van der Waals surface area contributed by atoms with E-state index in [1.54, 1.807) is 0 Å². The molecule has 0 spiro atoms. The summed E-state index contributed by atoms with van der Waals surface area (Å²) in [6, 6.07) is 14.7. The lowest BCUT2D eigenvalue weighted by atomic mass is 10.0. The molecule has 0 saturated carbocycles. The number of rotatable bonds is 6. The summed E-state index contributed by atoms with van der Waals surface area (Å²) in [7, 11) is 0. The zero-order valence-corrected chi connectivity index (χ0v) is 14.3. The Labute approximate surface area is 134 Å². The minimum Gasteiger partial charge on any atom is -0.488 e. The van der Waals surface area contributed by atoms with Crippen molar-refractivity contribution in [1.82, 2.24) is 0 Å². The third-order valence-corrected chi connectivity index (χ3v) is 3.89. The molecular weight excluding hydrogens is 270 g/mol. The van der Waals surface area contributed by atoms with Gasteiger partial charge in [-0.3, -0.25) is 0 Å². The molecule has 0 aliphatic heterocycles. The van der Waals surface area contributed by atoms with E-state index in [0.717, 1.165) is 12.3 Å². The van der Waals surface area contributed by atoms with Crippen LogP contribution in [0.4, 0.5) is 5.69 Å². The predicted octanol–water partition coefficient (Wildman–Crippen LogP) is 5.31. The second-order valence-corrected chi connectivity index (χ2v) is 6.27. The zero-order chi connectivity index (χ0) is 16.1. The molecule has 0 aliphatic carbocycles. The van der Waals surface area contributed by atoms with Crippen molar-refractivity contribution in [2.75, 3.05) is 11.9 Å². The number of hydrogen-bond acceptors (Lipinski definition) is 2. The van der Waals surface area contributed by atoms with Gasteiger partial charge in [0, 0.05) is 5.69 Å². The van der Waals surface area contributed by atoms with Crippen molar-refractivity contribution in [3.8, 4) is 5.75 Å². The van der Waals surface area contributed by atoms with E-state index in [0.29, 0.717) is 5.92 Å². The molecule has 0 aliphatic rings. The average molecular weight is 297 g/mol. The summed E-state index contributed by atoms with van der Waals surface area (Å²) in [4.78, 5) is 0. The van der Waals surface area contributed by atoms with E-state index in [1.165, 1.54) is 22.4 Å².